The Kier molecular flexibility index (Phi) is 3.89. The van der Waals surface area contributed by atoms with Gasteiger partial charge in [0.05, 0.1) is 10.8 Å². The van der Waals surface area contributed by atoms with E-state index in [9.17, 15) is 14.4 Å². The molecule has 2 heterocycles. The third-order valence-corrected chi connectivity index (χ3v) is 5.47. The van der Waals surface area contributed by atoms with Gasteiger partial charge in [-0.2, -0.15) is 0 Å². The van der Waals surface area contributed by atoms with Crippen molar-refractivity contribution in [3.63, 3.8) is 0 Å². The molecule has 2 aliphatic rings. The lowest BCUT2D eigenvalue weighted by Crippen LogP contribution is -2.71. The van der Waals surface area contributed by atoms with Crippen molar-refractivity contribution in [3.8, 4) is 0 Å². The van der Waals surface area contributed by atoms with Crippen LogP contribution in [0.2, 0.25) is 0 Å². The molecule has 0 aromatic rings. The van der Waals surface area contributed by atoms with E-state index in [0.717, 1.165) is 6.42 Å². The lowest BCUT2D eigenvalue weighted by atomic mass is 9.58. The molecular formula is C16H26N2O3. The number of rotatable bonds is 2. The SMILES string of the molecule is CC[C@H](C)C12CN(C(C)=O)CC(C)(CN(C(C)=O)C1)C2=O. The largest absolute Gasteiger partial charge is 0.341 e. The fourth-order valence-corrected chi connectivity index (χ4v) is 4.00. The highest BCUT2D eigenvalue weighted by atomic mass is 16.2. The monoisotopic (exact) mass is 294 g/mol. The Bertz CT molecular complexity index is 460. The average molecular weight is 294 g/mol. The lowest BCUT2D eigenvalue weighted by Gasteiger charge is -2.58. The van der Waals surface area contributed by atoms with Gasteiger partial charge in [-0.1, -0.05) is 20.3 Å². The maximum absolute atomic E-state index is 13.1. The van der Waals surface area contributed by atoms with E-state index in [1.54, 1.807) is 23.6 Å². The highest BCUT2D eigenvalue weighted by Gasteiger charge is 2.60. The second-order valence-electron chi connectivity index (χ2n) is 7.11. The minimum atomic E-state index is -0.642. The molecule has 0 radical (unpaired) electrons. The van der Waals surface area contributed by atoms with Crippen molar-refractivity contribution in [2.24, 2.45) is 16.7 Å². The molecule has 5 nitrogen and oxygen atoms in total. The van der Waals surface area contributed by atoms with Gasteiger partial charge < -0.3 is 9.80 Å². The van der Waals surface area contributed by atoms with Crippen molar-refractivity contribution in [1.82, 2.24) is 9.80 Å². The summed E-state index contributed by atoms with van der Waals surface area (Å²) in [5.41, 5.74) is -1.26. The van der Waals surface area contributed by atoms with Gasteiger partial charge in [-0.15, -0.1) is 0 Å². The Morgan fingerprint density at radius 2 is 1.52 bits per heavy atom. The smallest absolute Gasteiger partial charge is 0.219 e. The number of amides is 2. The summed E-state index contributed by atoms with van der Waals surface area (Å²) < 4.78 is 0. The Balaban J connectivity index is 2.50. The van der Waals surface area contributed by atoms with Crippen molar-refractivity contribution < 1.29 is 14.4 Å². The predicted molar refractivity (Wildman–Crippen MR) is 79.5 cm³/mol. The number of hydrogen-bond acceptors (Lipinski definition) is 3. The first-order valence-electron chi connectivity index (χ1n) is 7.72. The minimum Gasteiger partial charge on any atom is -0.341 e. The molecule has 2 amide bonds. The van der Waals surface area contributed by atoms with Crippen LogP contribution in [0.25, 0.3) is 0 Å². The topological polar surface area (TPSA) is 57.7 Å². The number of hydrogen-bond donors (Lipinski definition) is 0. The number of carbonyl (C=O) groups is 3. The van der Waals surface area contributed by atoms with Crippen molar-refractivity contribution in [1.29, 1.82) is 0 Å². The molecule has 2 rings (SSSR count). The Morgan fingerprint density at radius 3 is 1.86 bits per heavy atom. The van der Waals surface area contributed by atoms with Crippen LogP contribution in [0.1, 0.15) is 41.0 Å². The zero-order valence-electron chi connectivity index (χ0n) is 13.7. The van der Waals surface area contributed by atoms with Crippen LogP contribution in [0.15, 0.2) is 0 Å². The molecule has 1 atom stereocenters. The number of piperidine rings is 2. The van der Waals surface area contributed by atoms with Crippen LogP contribution in [0, 0.1) is 16.7 Å². The number of likely N-dealkylation sites (tertiary alicyclic amines) is 2. The summed E-state index contributed by atoms with van der Waals surface area (Å²) in [5.74, 6) is 0.406. The normalized spacial score (nSPS) is 33.9. The van der Waals surface area contributed by atoms with Crippen LogP contribution in [0.4, 0.5) is 0 Å². The van der Waals surface area contributed by atoms with E-state index in [1.807, 2.05) is 6.92 Å². The van der Waals surface area contributed by atoms with Gasteiger partial charge in [-0.25, -0.2) is 0 Å². The maximum Gasteiger partial charge on any atom is 0.219 e. The first-order valence-corrected chi connectivity index (χ1v) is 7.72. The summed E-state index contributed by atoms with van der Waals surface area (Å²) in [6, 6.07) is 0. The lowest BCUT2D eigenvalue weighted by molar-refractivity contribution is -0.172. The molecule has 2 aliphatic heterocycles. The molecular weight excluding hydrogens is 268 g/mol. The molecule has 21 heavy (non-hydrogen) atoms. The first-order chi connectivity index (χ1) is 9.66. The van der Waals surface area contributed by atoms with Gasteiger partial charge in [0.25, 0.3) is 0 Å². The third kappa shape index (κ3) is 2.36. The molecule has 0 spiro atoms. The molecule has 118 valence electrons. The van der Waals surface area contributed by atoms with Crippen LogP contribution < -0.4 is 0 Å². The number of carbonyl (C=O) groups excluding carboxylic acids is 3. The molecule has 0 aromatic heterocycles. The molecule has 0 unspecified atom stereocenters. The average Bonchev–Trinajstić information content (AvgIpc) is 2.39. The minimum absolute atomic E-state index is 0.0117. The first kappa shape index (κ1) is 16.0. The summed E-state index contributed by atoms with van der Waals surface area (Å²) in [6.45, 7) is 10.9. The van der Waals surface area contributed by atoms with Crippen molar-refractivity contribution >= 4 is 17.6 Å². The van der Waals surface area contributed by atoms with E-state index in [-0.39, 0.29) is 23.5 Å². The van der Waals surface area contributed by atoms with Crippen LogP contribution >= 0.6 is 0 Å². The summed E-state index contributed by atoms with van der Waals surface area (Å²) in [6.07, 6.45) is 0.860. The van der Waals surface area contributed by atoms with Gasteiger partial charge in [-0.3, -0.25) is 14.4 Å². The van der Waals surface area contributed by atoms with Crippen molar-refractivity contribution in [2.45, 2.75) is 41.0 Å². The van der Waals surface area contributed by atoms with Crippen LogP contribution in [-0.2, 0) is 14.4 Å². The van der Waals surface area contributed by atoms with Crippen LogP contribution in [-0.4, -0.2) is 53.6 Å². The van der Waals surface area contributed by atoms with E-state index in [2.05, 4.69) is 13.8 Å². The molecule has 5 heteroatoms. The Labute approximate surface area is 126 Å². The van der Waals surface area contributed by atoms with E-state index < -0.39 is 10.8 Å². The Hall–Kier alpha value is -1.39. The van der Waals surface area contributed by atoms with Crippen molar-refractivity contribution in [2.75, 3.05) is 26.2 Å². The molecule has 2 bridgehead atoms. The summed E-state index contributed by atoms with van der Waals surface area (Å²) in [4.78, 5) is 40.5. The molecule has 0 N–H and O–H groups in total. The van der Waals surface area contributed by atoms with Gasteiger partial charge >= 0.3 is 0 Å². The zero-order chi connectivity index (χ0) is 16.0. The predicted octanol–water partition coefficient (Wildman–Crippen LogP) is 1.32. The Morgan fingerprint density at radius 1 is 1.10 bits per heavy atom. The fraction of sp³-hybridized carbons (Fsp3) is 0.812. The maximum atomic E-state index is 13.1. The van der Waals surface area contributed by atoms with Gasteiger partial charge in [0.1, 0.15) is 0 Å². The second-order valence-corrected chi connectivity index (χ2v) is 7.11. The van der Waals surface area contributed by atoms with E-state index in [4.69, 9.17) is 0 Å². The van der Waals surface area contributed by atoms with E-state index >= 15 is 0 Å². The number of Topliss-reactive ketones (excluding diaryl/α,β-unsaturated/α-hetero) is 1. The van der Waals surface area contributed by atoms with E-state index in [1.165, 1.54) is 0 Å². The van der Waals surface area contributed by atoms with Gasteiger partial charge in [0.2, 0.25) is 11.8 Å². The number of nitrogens with zero attached hydrogens (tertiary/aromatic N) is 2. The summed E-state index contributed by atoms with van der Waals surface area (Å²) in [5, 5.41) is 0. The highest BCUT2D eigenvalue weighted by Crippen LogP contribution is 2.47. The standard InChI is InChI=1S/C16H26N2O3/c1-6-11(2)16-9-17(12(3)19)7-15(5,14(16)21)8-18(10-16)13(4)20/h11H,6-10H2,1-5H3/t11-,15?,16?/m0/s1. The molecule has 2 fully saturated rings. The summed E-state index contributed by atoms with van der Waals surface area (Å²) >= 11 is 0. The molecule has 0 aromatic carbocycles. The van der Waals surface area contributed by atoms with Crippen LogP contribution in [0.5, 0.6) is 0 Å². The van der Waals surface area contributed by atoms with E-state index in [0.29, 0.717) is 26.2 Å². The van der Waals surface area contributed by atoms with Crippen LogP contribution in [0.3, 0.4) is 0 Å². The van der Waals surface area contributed by atoms with Gasteiger partial charge in [-0.05, 0) is 12.8 Å². The zero-order valence-corrected chi connectivity index (χ0v) is 13.7. The second kappa shape index (κ2) is 5.11. The van der Waals surface area contributed by atoms with Gasteiger partial charge in [0, 0.05) is 40.0 Å². The fourth-order valence-electron chi connectivity index (χ4n) is 4.00. The summed E-state index contributed by atoms with van der Waals surface area (Å²) in [7, 11) is 0. The van der Waals surface area contributed by atoms with Crippen molar-refractivity contribution in [3.05, 3.63) is 0 Å². The van der Waals surface area contributed by atoms with Gasteiger partial charge in [0.15, 0.2) is 5.78 Å². The number of ketones is 1. The molecule has 0 aliphatic carbocycles. The number of fused-ring (bicyclic) bond motifs is 2. The third-order valence-electron chi connectivity index (χ3n) is 5.47. The quantitative estimate of drug-likeness (QED) is 0.772. The molecule has 2 saturated heterocycles. The highest BCUT2D eigenvalue weighted by molar-refractivity contribution is 5.95. The molecule has 0 saturated carbocycles.